The molecule has 0 aromatic heterocycles. The van der Waals surface area contributed by atoms with Crippen LogP contribution >= 0.6 is 0 Å². The molecule has 0 bridgehead atoms. The lowest BCUT2D eigenvalue weighted by molar-refractivity contribution is -0.155. The van der Waals surface area contributed by atoms with Gasteiger partial charge < -0.3 is 53.0 Å². The molecule has 0 aliphatic carbocycles. The summed E-state index contributed by atoms with van der Waals surface area (Å²) in [6.45, 7) is 7.43. The standard InChI is InChI=1S/C38H53N7O11/c1-20(2)31(45-36(53)28(56-30(49)19-39)18-23-9-7-6-8-10-23)37(54)41-22(5)34(51)43-27(17-24-11-13-25(46)14-12-24)35(52)44-32(21(3)4)38(55)42-26(33(40)50)15-16-29(47)48/h6-14,20-22,26-28,31-32,46H,15-19,39H2,1-5H3,(H2,40,50)(H,41,54)(H,42,55)(H,43,51)(H,44,52)(H,45,53)(H,47,48)/t22-,26+,27+,28+,31+,32+/m1/s1. The second-order valence-corrected chi connectivity index (χ2v) is 13.9. The molecule has 18 nitrogen and oxygen atoms in total. The highest BCUT2D eigenvalue weighted by Gasteiger charge is 2.34. The number of ether oxygens (including phenoxy) is 1. The second kappa shape index (κ2) is 22.4. The number of carboxylic acid groups (broad SMARTS) is 1. The molecule has 2 aromatic carbocycles. The number of phenolic OH excluding ortho intramolecular Hbond substituents is 1. The van der Waals surface area contributed by atoms with Crippen LogP contribution in [0.25, 0.3) is 0 Å². The zero-order valence-corrected chi connectivity index (χ0v) is 32.1. The van der Waals surface area contributed by atoms with Crippen LogP contribution in [0.4, 0.5) is 0 Å². The Balaban J connectivity index is 2.25. The Morgan fingerprint density at radius 2 is 1.16 bits per heavy atom. The fraction of sp³-hybridized carbons (Fsp3) is 0.474. The zero-order valence-electron chi connectivity index (χ0n) is 32.1. The molecule has 2 rings (SSSR count). The van der Waals surface area contributed by atoms with Crippen LogP contribution in [0, 0.1) is 11.8 Å². The number of aromatic hydroxyl groups is 1. The van der Waals surface area contributed by atoms with Gasteiger partial charge in [-0.1, -0.05) is 70.2 Å². The number of aliphatic carboxylic acids is 1. The quantitative estimate of drug-likeness (QED) is 0.0661. The van der Waals surface area contributed by atoms with Gasteiger partial charge in [-0.05, 0) is 48.4 Å². The minimum atomic E-state index is -1.34. The van der Waals surface area contributed by atoms with Crippen molar-refractivity contribution in [3.63, 3.8) is 0 Å². The summed E-state index contributed by atoms with van der Waals surface area (Å²) < 4.78 is 5.28. The van der Waals surface area contributed by atoms with Gasteiger partial charge in [0.05, 0.1) is 6.54 Å². The Labute approximate surface area is 324 Å². The van der Waals surface area contributed by atoms with Crippen molar-refractivity contribution >= 4 is 47.4 Å². The largest absolute Gasteiger partial charge is 0.508 e. The lowest BCUT2D eigenvalue weighted by Gasteiger charge is -2.28. The van der Waals surface area contributed by atoms with E-state index < -0.39 is 108 Å². The molecule has 0 fully saturated rings. The summed E-state index contributed by atoms with van der Waals surface area (Å²) in [6.07, 6.45) is -2.17. The van der Waals surface area contributed by atoms with Gasteiger partial charge in [-0.25, -0.2) is 0 Å². The Morgan fingerprint density at radius 3 is 1.68 bits per heavy atom. The number of carbonyl (C=O) groups excluding carboxylic acids is 7. The number of hydrogen-bond acceptors (Lipinski definition) is 11. The molecule has 11 N–H and O–H groups in total. The number of primary amides is 1. The Kier molecular flexibility index (Phi) is 18.4. The summed E-state index contributed by atoms with van der Waals surface area (Å²) in [5.74, 6) is -8.05. The van der Waals surface area contributed by atoms with E-state index in [0.717, 1.165) is 0 Å². The summed E-state index contributed by atoms with van der Waals surface area (Å²) in [5, 5.41) is 31.5. The van der Waals surface area contributed by atoms with E-state index in [9.17, 15) is 43.5 Å². The fourth-order valence-electron chi connectivity index (χ4n) is 5.35. The van der Waals surface area contributed by atoms with E-state index in [0.29, 0.717) is 11.1 Å². The van der Waals surface area contributed by atoms with Crippen LogP contribution in [-0.4, -0.2) is 100 Å². The Hall–Kier alpha value is -6.04. The first-order valence-corrected chi connectivity index (χ1v) is 18.1. The third kappa shape index (κ3) is 15.4. The molecule has 56 heavy (non-hydrogen) atoms. The van der Waals surface area contributed by atoms with E-state index in [4.69, 9.17) is 21.3 Å². The summed E-state index contributed by atoms with van der Waals surface area (Å²) >= 11 is 0. The van der Waals surface area contributed by atoms with E-state index in [1.54, 1.807) is 58.0 Å². The van der Waals surface area contributed by atoms with Crippen LogP contribution in [0.2, 0.25) is 0 Å². The molecular formula is C38H53N7O11. The molecular weight excluding hydrogens is 730 g/mol. The number of hydrogen-bond donors (Lipinski definition) is 9. The van der Waals surface area contributed by atoms with Crippen molar-refractivity contribution in [2.24, 2.45) is 23.3 Å². The maximum atomic E-state index is 13.8. The average Bonchev–Trinajstić information content (AvgIpc) is 3.14. The third-order valence-corrected chi connectivity index (χ3v) is 8.56. The molecule has 0 spiro atoms. The van der Waals surface area contributed by atoms with Crippen molar-refractivity contribution in [2.75, 3.05) is 6.54 Å². The predicted octanol–water partition coefficient (Wildman–Crippen LogP) is -0.846. The van der Waals surface area contributed by atoms with Crippen LogP contribution < -0.4 is 38.1 Å². The lowest BCUT2D eigenvalue weighted by Crippen LogP contribution is -2.60. The smallest absolute Gasteiger partial charge is 0.320 e. The minimum Gasteiger partial charge on any atom is -0.508 e. The predicted molar refractivity (Wildman–Crippen MR) is 202 cm³/mol. The summed E-state index contributed by atoms with van der Waals surface area (Å²) in [4.78, 5) is 102. The maximum absolute atomic E-state index is 13.8. The SMILES string of the molecule is CC(C)[C@H](NC(=O)[C@H](Cc1ccc(O)cc1)NC(=O)[C@@H](C)NC(=O)[C@@H](NC(=O)[C@H](Cc1ccccc1)OC(=O)CN)C(C)C)C(=O)N[C@@H](CCC(=O)O)C(N)=O. The second-order valence-electron chi connectivity index (χ2n) is 13.9. The van der Waals surface area contributed by atoms with Crippen molar-refractivity contribution in [1.29, 1.82) is 0 Å². The molecule has 6 atom stereocenters. The molecule has 0 aliphatic rings. The number of carbonyl (C=O) groups is 8. The van der Waals surface area contributed by atoms with Crippen molar-refractivity contribution < 1.29 is 53.3 Å². The van der Waals surface area contributed by atoms with E-state index in [1.807, 2.05) is 0 Å². The van der Waals surface area contributed by atoms with Crippen molar-refractivity contribution in [3.8, 4) is 5.75 Å². The highest BCUT2D eigenvalue weighted by Crippen LogP contribution is 2.14. The number of carboxylic acids is 1. The molecule has 0 unspecified atom stereocenters. The number of rotatable bonds is 22. The van der Waals surface area contributed by atoms with Crippen molar-refractivity contribution in [3.05, 3.63) is 65.7 Å². The maximum Gasteiger partial charge on any atom is 0.320 e. The Bertz CT molecular complexity index is 1690. The zero-order chi connectivity index (χ0) is 42.1. The van der Waals surface area contributed by atoms with Crippen LogP contribution in [0.5, 0.6) is 5.75 Å². The summed E-state index contributed by atoms with van der Waals surface area (Å²) in [6, 6.07) is 8.17. The van der Waals surface area contributed by atoms with Gasteiger partial charge in [0, 0.05) is 19.3 Å². The molecule has 0 aliphatic heterocycles. The lowest BCUT2D eigenvalue weighted by atomic mass is 9.99. The molecule has 18 heteroatoms. The monoisotopic (exact) mass is 783 g/mol. The molecule has 0 radical (unpaired) electrons. The molecule has 6 amide bonds. The average molecular weight is 784 g/mol. The van der Waals surface area contributed by atoms with Gasteiger partial charge in [-0.15, -0.1) is 0 Å². The number of nitrogens with one attached hydrogen (secondary N) is 5. The van der Waals surface area contributed by atoms with E-state index in [-0.39, 0.29) is 25.0 Å². The van der Waals surface area contributed by atoms with Gasteiger partial charge in [0.2, 0.25) is 29.5 Å². The van der Waals surface area contributed by atoms with E-state index in [1.165, 1.54) is 31.2 Å². The number of nitrogens with two attached hydrogens (primary N) is 2. The molecule has 306 valence electrons. The van der Waals surface area contributed by atoms with Crippen LogP contribution in [0.1, 0.15) is 58.6 Å². The van der Waals surface area contributed by atoms with Gasteiger partial charge in [0.1, 0.15) is 36.0 Å². The highest BCUT2D eigenvalue weighted by molar-refractivity contribution is 5.97. The van der Waals surface area contributed by atoms with Crippen LogP contribution in [0.15, 0.2) is 54.6 Å². The van der Waals surface area contributed by atoms with Gasteiger partial charge in [-0.3, -0.25) is 38.4 Å². The minimum absolute atomic E-state index is 0.00388. The van der Waals surface area contributed by atoms with Crippen molar-refractivity contribution in [2.45, 2.75) is 96.6 Å². The van der Waals surface area contributed by atoms with Gasteiger partial charge in [0.15, 0.2) is 6.10 Å². The normalized spacial score (nSPS) is 14.2. The van der Waals surface area contributed by atoms with E-state index in [2.05, 4.69) is 26.6 Å². The van der Waals surface area contributed by atoms with Crippen LogP contribution in [0.3, 0.4) is 0 Å². The van der Waals surface area contributed by atoms with Crippen molar-refractivity contribution in [1.82, 2.24) is 26.6 Å². The molecule has 2 aromatic rings. The van der Waals surface area contributed by atoms with Gasteiger partial charge in [-0.2, -0.15) is 0 Å². The molecule has 0 heterocycles. The number of amides is 6. The fourth-order valence-corrected chi connectivity index (χ4v) is 5.35. The van der Waals surface area contributed by atoms with E-state index >= 15 is 0 Å². The molecule has 0 saturated carbocycles. The molecule has 0 saturated heterocycles. The topological polar surface area (TPSA) is 298 Å². The van der Waals surface area contributed by atoms with Crippen LogP contribution in [-0.2, 0) is 55.9 Å². The van der Waals surface area contributed by atoms with Gasteiger partial charge >= 0.3 is 11.9 Å². The highest BCUT2D eigenvalue weighted by atomic mass is 16.5. The number of esters is 1. The Morgan fingerprint density at radius 1 is 0.643 bits per heavy atom. The first kappa shape index (κ1) is 46.1. The summed E-state index contributed by atoms with van der Waals surface area (Å²) in [7, 11) is 0. The third-order valence-electron chi connectivity index (χ3n) is 8.56. The first-order valence-electron chi connectivity index (χ1n) is 18.1. The van der Waals surface area contributed by atoms with Gasteiger partial charge in [0.25, 0.3) is 5.91 Å². The number of phenols is 1. The first-order chi connectivity index (χ1) is 26.3. The summed E-state index contributed by atoms with van der Waals surface area (Å²) in [5.41, 5.74) is 12.0. The number of benzene rings is 2.